The van der Waals surface area contributed by atoms with E-state index in [1.807, 2.05) is 16.5 Å². The third-order valence-electron chi connectivity index (χ3n) is 7.08. The lowest BCUT2D eigenvalue weighted by molar-refractivity contribution is 0.290. The van der Waals surface area contributed by atoms with Crippen molar-refractivity contribution in [2.75, 3.05) is 32.1 Å². The molecule has 5 rings (SSSR count). The zero-order valence-electron chi connectivity index (χ0n) is 18.6. The summed E-state index contributed by atoms with van der Waals surface area (Å²) in [5.41, 5.74) is 0.0608. The monoisotopic (exact) mass is 482 g/mol. The third-order valence-corrected chi connectivity index (χ3v) is 7.96. The molecule has 32 heavy (non-hydrogen) atoms. The summed E-state index contributed by atoms with van der Waals surface area (Å²) in [7, 11) is 3.47. The molecule has 7 nitrogen and oxygen atoms in total. The molecule has 2 aliphatic rings. The van der Waals surface area contributed by atoms with Crippen LogP contribution >= 0.6 is 23.9 Å². The van der Waals surface area contributed by atoms with Gasteiger partial charge >= 0.3 is 0 Å². The quantitative estimate of drug-likeness (QED) is 0.580. The van der Waals surface area contributed by atoms with Gasteiger partial charge < -0.3 is 19.5 Å². The summed E-state index contributed by atoms with van der Waals surface area (Å²) in [6.45, 7) is 5.72. The first kappa shape index (κ1) is 23.1. The van der Waals surface area contributed by atoms with E-state index in [2.05, 4.69) is 23.5 Å². The van der Waals surface area contributed by atoms with Gasteiger partial charge in [0.2, 0.25) is 5.43 Å². The van der Waals surface area contributed by atoms with Crippen molar-refractivity contribution in [1.29, 1.82) is 0 Å². The van der Waals surface area contributed by atoms with Gasteiger partial charge in [0.25, 0.3) is 5.56 Å². The van der Waals surface area contributed by atoms with Crippen LogP contribution in [0.5, 0.6) is 5.75 Å². The summed E-state index contributed by atoms with van der Waals surface area (Å²) >= 11 is 1.16. The average Bonchev–Trinajstić information content (AvgIpc) is 3.32. The number of fused-ring (bicyclic) bond motifs is 2. The molecule has 1 saturated heterocycles. The zero-order valence-corrected chi connectivity index (χ0v) is 20.2. The number of anilines is 1. The molecule has 0 radical (unpaired) electrons. The van der Waals surface area contributed by atoms with Crippen molar-refractivity contribution in [1.82, 2.24) is 14.3 Å². The lowest BCUT2D eigenvalue weighted by Gasteiger charge is -2.32. The van der Waals surface area contributed by atoms with Crippen LogP contribution in [0.2, 0.25) is 0 Å². The van der Waals surface area contributed by atoms with E-state index < -0.39 is 16.8 Å². The van der Waals surface area contributed by atoms with Crippen molar-refractivity contribution < 1.29 is 9.13 Å². The summed E-state index contributed by atoms with van der Waals surface area (Å²) in [4.78, 5) is 28.1. The number of aromatic nitrogens is 2. The molecule has 0 spiro atoms. The predicted molar refractivity (Wildman–Crippen MR) is 130 cm³/mol. The van der Waals surface area contributed by atoms with Crippen molar-refractivity contribution in [3.05, 3.63) is 32.5 Å². The molecule has 1 aliphatic heterocycles. The molecule has 1 aliphatic carbocycles. The summed E-state index contributed by atoms with van der Waals surface area (Å²) in [6.07, 6.45) is 2.84. The maximum absolute atomic E-state index is 15.5. The van der Waals surface area contributed by atoms with Gasteiger partial charge in [-0.05, 0) is 63.7 Å². The highest BCUT2D eigenvalue weighted by atomic mass is 35.5. The van der Waals surface area contributed by atoms with Crippen molar-refractivity contribution in [3.63, 3.8) is 0 Å². The number of halogens is 2. The molecule has 3 heterocycles. The minimum atomic E-state index is -0.488. The van der Waals surface area contributed by atoms with Crippen LogP contribution in [0.15, 0.2) is 15.7 Å². The Balaban J connectivity index is 0.00000245. The molecule has 10 heteroatoms. The van der Waals surface area contributed by atoms with Crippen molar-refractivity contribution >= 4 is 50.7 Å². The maximum atomic E-state index is 15.5. The van der Waals surface area contributed by atoms with E-state index in [-0.39, 0.29) is 34.8 Å². The normalized spacial score (nSPS) is 19.0. The lowest BCUT2D eigenvalue weighted by atomic mass is 9.87. The van der Waals surface area contributed by atoms with E-state index in [9.17, 15) is 9.59 Å². The molecular weight excluding hydrogens is 455 g/mol. The Kier molecular flexibility index (Phi) is 5.80. The number of nitrogens with one attached hydrogen (secondary N) is 2. The van der Waals surface area contributed by atoms with Crippen LogP contribution in [0.25, 0.3) is 21.1 Å². The highest BCUT2D eigenvalue weighted by Crippen LogP contribution is 2.46. The van der Waals surface area contributed by atoms with Gasteiger partial charge in [-0.3, -0.25) is 14.0 Å². The fourth-order valence-corrected chi connectivity index (χ4v) is 5.76. The van der Waals surface area contributed by atoms with Crippen molar-refractivity contribution in [2.45, 2.75) is 44.7 Å². The van der Waals surface area contributed by atoms with Crippen LogP contribution in [-0.2, 0) is 0 Å². The fraction of sp³-hybridized carbons (Fsp3) is 0.545. The Labute approximate surface area is 195 Å². The largest absolute Gasteiger partial charge is 0.492 e. The second-order valence-electron chi connectivity index (χ2n) is 9.18. The molecule has 0 bridgehead atoms. The van der Waals surface area contributed by atoms with E-state index in [0.29, 0.717) is 40.8 Å². The molecule has 1 aromatic carbocycles. The van der Waals surface area contributed by atoms with Crippen LogP contribution < -0.4 is 25.9 Å². The Hall–Kier alpha value is -2.10. The molecule has 2 N–H and O–H groups in total. The Morgan fingerprint density at radius 3 is 2.62 bits per heavy atom. The number of aromatic amines is 1. The smallest absolute Gasteiger partial charge is 0.271 e. The Morgan fingerprint density at radius 2 is 2.00 bits per heavy atom. The first-order chi connectivity index (χ1) is 14.8. The summed E-state index contributed by atoms with van der Waals surface area (Å²) < 4.78 is 26.0. The Bertz CT molecular complexity index is 1310. The number of pyridine rings is 1. The molecule has 1 saturated carbocycles. The molecule has 0 amide bonds. The van der Waals surface area contributed by atoms with Crippen LogP contribution in [0.4, 0.5) is 10.1 Å². The van der Waals surface area contributed by atoms with Gasteiger partial charge in [0.05, 0.1) is 18.0 Å². The van der Waals surface area contributed by atoms with Crippen LogP contribution in [-0.4, -0.2) is 41.7 Å². The Morgan fingerprint density at radius 1 is 1.28 bits per heavy atom. The SMILES string of the molecule is CNC(C)(C)[C@@H]1CCN(c2c(F)cc3c(=O)c4c(=O)[nH]sc4n(C4CC4)c3c2OC)C1.Cl. The van der Waals surface area contributed by atoms with Crippen LogP contribution in [0.3, 0.4) is 0 Å². The third kappa shape index (κ3) is 3.33. The van der Waals surface area contributed by atoms with E-state index in [4.69, 9.17) is 4.74 Å². The number of hydrogen-bond acceptors (Lipinski definition) is 6. The van der Waals surface area contributed by atoms with Gasteiger partial charge in [-0.25, -0.2) is 4.39 Å². The topological polar surface area (TPSA) is 79.4 Å². The van der Waals surface area contributed by atoms with Crippen molar-refractivity contribution in [3.8, 4) is 5.75 Å². The molecule has 3 aromatic rings. The van der Waals surface area contributed by atoms with Gasteiger partial charge in [0, 0.05) is 24.7 Å². The van der Waals surface area contributed by atoms with Gasteiger partial charge in [-0.15, -0.1) is 12.4 Å². The molecule has 174 valence electrons. The second kappa shape index (κ2) is 8.04. The number of methoxy groups -OCH3 is 1. The number of benzene rings is 1. The van der Waals surface area contributed by atoms with Gasteiger partial charge in [-0.2, -0.15) is 0 Å². The minimum Gasteiger partial charge on any atom is -0.492 e. The van der Waals surface area contributed by atoms with E-state index in [1.165, 1.54) is 13.2 Å². The number of hydrogen-bond donors (Lipinski definition) is 2. The number of ether oxygens (including phenoxy) is 1. The highest BCUT2D eigenvalue weighted by Gasteiger charge is 2.38. The summed E-state index contributed by atoms with van der Waals surface area (Å²) in [5.74, 6) is 0.239. The van der Waals surface area contributed by atoms with Gasteiger partial charge in [0.1, 0.15) is 15.9 Å². The van der Waals surface area contributed by atoms with Crippen LogP contribution in [0, 0.1) is 11.7 Å². The average molecular weight is 483 g/mol. The molecule has 2 fully saturated rings. The zero-order chi connectivity index (χ0) is 22.1. The first-order valence-electron chi connectivity index (χ1n) is 10.7. The molecular formula is C22H28ClFN4O3S. The predicted octanol–water partition coefficient (Wildman–Crippen LogP) is 3.63. The number of rotatable bonds is 5. The van der Waals surface area contributed by atoms with Gasteiger partial charge in [-0.1, -0.05) is 0 Å². The molecule has 1 atom stereocenters. The lowest BCUT2D eigenvalue weighted by Crippen LogP contribution is -2.45. The van der Waals surface area contributed by atoms with E-state index >= 15 is 4.39 Å². The summed E-state index contributed by atoms with van der Waals surface area (Å²) in [6, 6.07) is 1.47. The van der Waals surface area contributed by atoms with Crippen molar-refractivity contribution in [2.24, 2.45) is 5.92 Å². The molecule has 2 aromatic heterocycles. The highest BCUT2D eigenvalue weighted by molar-refractivity contribution is 7.12. The van der Waals surface area contributed by atoms with Crippen LogP contribution in [0.1, 0.15) is 39.2 Å². The number of H-pyrrole nitrogens is 1. The van der Waals surface area contributed by atoms with E-state index in [1.54, 1.807) is 0 Å². The second-order valence-corrected chi connectivity index (χ2v) is 9.98. The van der Waals surface area contributed by atoms with Gasteiger partial charge in [0.15, 0.2) is 11.6 Å². The molecule has 0 unspecified atom stereocenters. The maximum Gasteiger partial charge on any atom is 0.271 e. The minimum absolute atomic E-state index is 0. The first-order valence-corrected chi connectivity index (χ1v) is 11.5. The number of nitrogens with zero attached hydrogens (tertiary/aromatic N) is 2. The standard InChI is InChI=1S/C22H27FN4O3S.ClH/c1-22(2,24-3)11-7-8-26(10-11)17-14(23)9-13-16(19(17)30-4)27(12-5-6-12)21-15(18(13)28)20(29)25-31-21;/h9,11-12,24H,5-8,10H2,1-4H3,(H,25,29);1H/t11-;/m1./s1. The fourth-order valence-electron chi connectivity index (χ4n) is 4.84. The van der Waals surface area contributed by atoms with E-state index in [0.717, 1.165) is 30.8 Å². The summed E-state index contributed by atoms with van der Waals surface area (Å²) in [5, 5.41) is 3.67.